The molecule has 0 aromatic carbocycles. The van der Waals surface area contributed by atoms with Crippen molar-refractivity contribution in [3.05, 3.63) is 28.1 Å². The molecule has 3 rings (SSSR count). The van der Waals surface area contributed by atoms with E-state index in [0.29, 0.717) is 23.4 Å². The highest BCUT2D eigenvalue weighted by Crippen LogP contribution is 2.33. The summed E-state index contributed by atoms with van der Waals surface area (Å²) in [7, 11) is 0. The molecule has 1 aliphatic rings. The molecular weight excluding hydrogens is 332 g/mol. The molecule has 0 unspecified atom stereocenters. The summed E-state index contributed by atoms with van der Waals surface area (Å²) in [6, 6.07) is 3.91. The Morgan fingerprint density at radius 3 is 2.65 bits per heavy atom. The number of amides is 1. The van der Waals surface area contributed by atoms with Crippen LogP contribution in [0.25, 0.3) is 9.88 Å². The van der Waals surface area contributed by atoms with Crippen LogP contribution in [0.4, 0.5) is 0 Å². The van der Waals surface area contributed by atoms with Crippen molar-refractivity contribution in [2.24, 2.45) is 0 Å². The van der Waals surface area contributed by atoms with Crippen molar-refractivity contribution in [2.75, 3.05) is 0 Å². The lowest BCUT2D eigenvalue weighted by Crippen LogP contribution is -2.55. The van der Waals surface area contributed by atoms with Gasteiger partial charge in [0, 0.05) is 0 Å². The van der Waals surface area contributed by atoms with E-state index >= 15 is 0 Å². The fourth-order valence-electron chi connectivity index (χ4n) is 2.93. The highest BCUT2D eigenvalue weighted by molar-refractivity contribution is 7.22. The summed E-state index contributed by atoms with van der Waals surface area (Å²) < 4.78 is 0. The number of nitrogens with one attached hydrogen (secondary N) is 1. The number of aliphatic carboxylic acids is 1. The first kappa shape index (κ1) is 16.1. The molecule has 122 valence electrons. The Bertz CT molecular complexity index is 716. The van der Waals surface area contributed by atoms with Gasteiger partial charge in [-0.3, -0.25) is 4.79 Å². The molecule has 0 saturated heterocycles. The fourth-order valence-corrected chi connectivity index (χ4v) is 4.69. The molecule has 1 saturated carbocycles. The van der Waals surface area contributed by atoms with Gasteiger partial charge in [0.25, 0.3) is 5.91 Å². The number of hydrogen-bond donors (Lipinski definition) is 2. The van der Waals surface area contributed by atoms with E-state index in [1.54, 1.807) is 18.3 Å². The summed E-state index contributed by atoms with van der Waals surface area (Å²) in [6.07, 6.45) is 3.66. The summed E-state index contributed by atoms with van der Waals surface area (Å²) in [5.41, 5.74) is -0.485. The van der Waals surface area contributed by atoms with E-state index in [1.165, 1.54) is 11.3 Å². The number of rotatable bonds is 4. The van der Waals surface area contributed by atoms with E-state index in [1.807, 2.05) is 17.5 Å². The third-order valence-corrected chi connectivity index (χ3v) is 6.40. The quantitative estimate of drug-likeness (QED) is 0.881. The van der Waals surface area contributed by atoms with Gasteiger partial charge in [0.1, 0.15) is 15.4 Å². The molecular formula is C16H18N2O3S2. The maximum Gasteiger partial charge on any atom is 0.329 e. The molecule has 1 amide bonds. The monoisotopic (exact) mass is 350 g/mol. The van der Waals surface area contributed by atoms with E-state index < -0.39 is 11.5 Å². The molecule has 5 nitrogen and oxygen atoms in total. The molecule has 0 aliphatic heterocycles. The van der Waals surface area contributed by atoms with Crippen molar-refractivity contribution in [3.8, 4) is 9.88 Å². The predicted octanol–water partition coefficient (Wildman–Crippen LogP) is 3.70. The molecule has 0 radical (unpaired) electrons. The average Bonchev–Trinajstić information content (AvgIpc) is 3.17. The highest BCUT2D eigenvalue weighted by Gasteiger charge is 2.41. The van der Waals surface area contributed by atoms with Crippen molar-refractivity contribution in [3.63, 3.8) is 0 Å². The molecule has 2 N–H and O–H groups in total. The van der Waals surface area contributed by atoms with Crippen LogP contribution in [0.1, 0.15) is 47.5 Å². The Morgan fingerprint density at radius 1 is 1.30 bits per heavy atom. The van der Waals surface area contributed by atoms with Crippen LogP contribution in [-0.2, 0) is 4.79 Å². The molecule has 0 bridgehead atoms. The van der Waals surface area contributed by atoms with E-state index in [4.69, 9.17) is 0 Å². The zero-order valence-electron chi connectivity index (χ0n) is 12.8. The SMILES string of the molecule is Cc1nc(-c2cccs2)sc1C(=O)NC1(C(=O)O)CCCCC1. The number of hydrogen-bond acceptors (Lipinski definition) is 5. The maximum absolute atomic E-state index is 12.6. The zero-order valence-corrected chi connectivity index (χ0v) is 14.4. The van der Waals surface area contributed by atoms with Gasteiger partial charge in [0.15, 0.2) is 0 Å². The Morgan fingerprint density at radius 2 is 2.04 bits per heavy atom. The molecule has 2 aromatic rings. The van der Waals surface area contributed by atoms with Gasteiger partial charge in [-0.25, -0.2) is 9.78 Å². The first-order valence-electron chi connectivity index (χ1n) is 7.59. The largest absolute Gasteiger partial charge is 0.480 e. The zero-order chi connectivity index (χ0) is 16.4. The number of carbonyl (C=O) groups excluding carboxylic acids is 1. The number of carbonyl (C=O) groups is 2. The molecule has 2 heterocycles. The van der Waals surface area contributed by atoms with Crippen LogP contribution < -0.4 is 5.32 Å². The van der Waals surface area contributed by atoms with Crippen molar-refractivity contribution in [2.45, 2.75) is 44.6 Å². The molecule has 2 aromatic heterocycles. The molecule has 7 heteroatoms. The number of thiophene rings is 1. The number of carboxylic acid groups (broad SMARTS) is 1. The lowest BCUT2D eigenvalue weighted by molar-refractivity contribution is -0.145. The first-order chi connectivity index (χ1) is 11.0. The van der Waals surface area contributed by atoms with Crippen molar-refractivity contribution < 1.29 is 14.7 Å². The second kappa shape index (κ2) is 6.41. The molecule has 23 heavy (non-hydrogen) atoms. The number of aromatic nitrogens is 1. The number of aryl methyl sites for hydroxylation is 1. The second-order valence-corrected chi connectivity index (χ2v) is 7.76. The predicted molar refractivity (Wildman–Crippen MR) is 91.1 cm³/mol. The fraction of sp³-hybridized carbons (Fsp3) is 0.438. The third-order valence-electron chi connectivity index (χ3n) is 4.20. The van der Waals surface area contributed by atoms with E-state index in [9.17, 15) is 14.7 Å². The first-order valence-corrected chi connectivity index (χ1v) is 9.29. The molecule has 1 fully saturated rings. The van der Waals surface area contributed by atoms with E-state index in [0.717, 1.165) is 29.1 Å². The van der Waals surface area contributed by atoms with Crippen molar-refractivity contribution >= 4 is 34.6 Å². The topological polar surface area (TPSA) is 79.3 Å². The summed E-state index contributed by atoms with van der Waals surface area (Å²) in [6.45, 7) is 1.79. The summed E-state index contributed by atoms with van der Waals surface area (Å²) in [5.74, 6) is -1.27. The Labute approximate surface area is 142 Å². The van der Waals surface area contributed by atoms with Crippen LogP contribution in [0, 0.1) is 6.92 Å². The standard InChI is InChI=1S/C16H18N2O3S2/c1-10-12(23-14(17-10)11-6-5-9-22-11)13(19)18-16(15(20)21)7-3-2-4-8-16/h5-6,9H,2-4,7-8H2,1H3,(H,18,19)(H,20,21). The Balaban J connectivity index is 1.84. The number of thiazole rings is 1. The lowest BCUT2D eigenvalue weighted by Gasteiger charge is -2.33. The van der Waals surface area contributed by atoms with Crippen LogP contribution in [-0.4, -0.2) is 27.5 Å². The van der Waals surface area contributed by atoms with Crippen LogP contribution in [0.15, 0.2) is 17.5 Å². The van der Waals surface area contributed by atoms with E-state index in [2.05, 4.69) is 10.3 Å². The van der Waals surface area contributed by atoms with Crippen molar-refractivity contribution in [1.82, 2.24) is 10.3 Å². The van der Waals surface area contributed by atoms with Crippen LogP contribution in [0.2, 0.25) is 0 Å². The Hall–Kier alpha value is -1.73. The van der Waals surface area contributed by atoms with Gasteiger partial charge in [-0.1, -0.05) is 25.3 Å². The molecule has 0 spiro atoms. The van der Waals surface area contributed by atoms with Gasteiger partial charge >= 0.3 is 5.97 Å². The van der Waals surface area contributed by atoms with Crippen LogP contribution in [0.3, 0.4) is 0 Å². The van der Waals surface area contributed by atoms with Gasteiger partial charge in [0.2, 0.25) is 0 Å². The summed E-state index contributed by atoms with van der Waals surface area (Å²) in [5, 5.41) is 15.1. The van der Waals surface area contributed by atoms with E-state index in [-0.39, 0.29) is 5.91 Å². The van der Waals surface area contributed by atoms with Gasteiger partial charge in [-0.2, -0.15) is 0 Å². The maximum atomic E-state index is 12.6. The molecule has 0 atom stereocenters. The lowest BCUT2D eigenvalue weighted by atomic mass is 9.81. The second-order valence-electron chi connectivity index (χ2n) is 5.81. The summed E-state index contributed by atoms with van der Waals surface area (Å²) >= 11 is 2.89. The minimum atomic E-state index is -1.13. The summed E-state index contributed by atoms with van der Waals surface area (Å²) in [4.78, 5) is 30.3. The number of nitrogens with zero attached hydrogens (tertiary/aromatic N) is 1. The van der Waals surface area contributed by atoms with Crippen LogP contribution in [0.5, 0.6) is 0 Å². The van der Waals surface area contributed by atoms with Gasteiger partial charge in [-0.15, -0.1) is 22.7 Å². The van der Waals surface area contributed by atoms with Crippen molar-refractivity contribution in [1.29, 1.82) is 0 Å². The van der Waals surface area contributed by atoms with Gasteiger partial charge in [0.05, 0.1) is 10.6 Å². The molecule has 1 aliphatic carbocycles. The minimum Gasteiger partial charge on any atom is -0.480 e. The highest BCUT2D eigenvalue weighted by atomic mass is 32.1. The number of carboxylic acids is 1. The van der Waals surface area contributed by atoms with Gasteiger partial charge in [-0.05, 0) is 31.2 Å². The van der Waals surface area contributed by atoms with Gasteiger partial charge < -0.3 is 10.4 Å². The third kappa shape index (κ3) is 3.16. The smallest absolute Gasteiger partial charge is 0.329 e. The average molecular weight is 350 g/mol. The normalized spacial score (nSPS) is 16.9. The minimum absolute atomic E-state index is 0.327. The Kier molecular flexibility index (Phi) is 4.50. The van der Waals surface area contributed by atoms with Crippen LogP contribution >= 0.6 is 22.7 Å².